The van der Waals surface area contributed by atoms with E-state index in [0.29, 0.717) is 0 Å². The fraction of sp³-hybridized carbons (Fsp3) is 1.00. The van der Waals surface area contributed by atoms with E-state index in [2.05, 4.69) is 6.92 Å². The lowest BCUT2D eigenvalue weighted by molar-refractivity contribution is 0.200. The Morgan fingerprint density at radius 2 is 2.00 bits per heavy atom. The first kappa shape index (κ1) is 9.66. The molecule has 0 aromatic rings. The molecule has 0 atom stereocenters. The molecule has 0 radical (unpaired) electrons. The molecule has 56 valence electrons. The Morgan fingerprint density at radius 1 is 1.22 bits per heavy atom. The first-order valence-electron chi connectivity index (χ1n) is 3.24. The van der Waals surface area contributed by atoms with Gasteiger partial charge in [-0.2, -0.15) is 0 Å². The summed E-state index contributed by atoms with van der Waals surface area (Å²) in [6.07, 6.45) is 1.25. The Morgan fingerprint density at radius 3 is 2.56 bits per heavy atom. The van der Waals surface area contributed by atoms with Crippen molar-refractivity contribution in [1.82, 2.24) is 0 Å². The van der Waals surface area contributed by atoms with E-state index in [4.69, 9.17) is 4.74 Å². The van der Waals surface area contributed by atoms with Gasteiger partial charge in [0.25, 0.3) is 0 Å². The van der Waals surface area contributed by atoms with Gasteiger partial charge in [0, 0.05) is 12.4 Å². The molecule has 0 saturated heterocycles. The van der Waals surface area contributed by atoms with Crippen LogP contribution in [0.15, 0.2) is 0 Å². The third kappa shape index (κ3) is 8.66. The predicted octanol–water partition coefficient (Wildman–Crippen LogP) is 2.77. The highest BCUT2D eigenvalue weighted by Crippen LogP contribution is 2.21. The summed E-state index contributed by atoms with van der Waals surface area (Å²) in [5.41, 5.74) is 0. The number of ether oxygens (including phenoxy) is 1. The minimum atomic E-state index is 0.833. The molecule has 0 aromatic heterocycles. The summed E-state index contributed by atoms with van der Waals surface area (Å²) in [6.45, 7) is 5.04. The molecule has 0 fully saturated rings. The molecule has 0 aliphatic carbocycles. The zero-order valence-electron chi connectivity index (χ0n) is 6.05. The highest BCUT2D eigenvalue weighted by atomic mass is 33.1. The van der Waals surface area contributed by atoms with Crippen molar-refractivity contribution in [3.63, 3.8) is 0 Å². The van der Waals surface area contributed by atoms with E-state index < -0.39 is 0 Å². The Kier molecular flexibility index (Phi) is 9.30. The molecule has 0 aliphatic heterocycles. The lowest BCUT2D eigenvalue weighted by atomic mass is 10.6. The van der Waals surface area contributed by atoms with E-state index in [0.717, 1.165) is 12.5 Å². The van der Waals surface area contributed by atoms with Crippen LogP contribution in [0.4, 0.5) is 0 Å². The lowest BCUT2D eigenvalue weighted by Gasteiger charge is -1.97. The van der Waals surface area contributed by atoms with Crippen LogP contribution in [0, 0.1) is 0 Å². The van der Waals surface area contributed by atoms with Crippen LogP contribution in [0.3, 0.4) is 0 Å². The van der Waals surface area contributed by atoms with E-state index in [1.54, 1.807) is 10.8 Å². The van der Waals surface area contributed by atoms with Crippen LogP contribution >= 0.6 is 21.6 Å². The van der Waals surface area contributed by atoms with Gasteiger partial charge in [0.15, 0.2) is 0 Å². The highest BCUT2D eigenvalue weighted by Gasteiger charge is 1.85. The fourth-order valence-electron chi connectivity index (χ4n) is 0.294. The van der Waals surface area contributed by atoms with Gasteiger partial charge in [-0.15, -0.1) is 0 Å². The summed E-state index contributed by atoms with van der Waals surface area (Å²) in [7, 11) is 3.68. The minimum Gasteiger partial charge on any atom is -0.370 e. The van der Waals surface area contributed by atoms with Gasteiger partial charge in [0.1, 0.15) is 5.94 Å². The van der Waals surface area contributed by atoms with E-state index in [9.17, 15) is 0 Å². The average Bonchev–Trinajstić information content (AvgIpc) is 1.89. The van der Waals surface area contributed by atoms with Crippen molar-refractivity contribution in [2.75, 3.05) is 18.3 Å². The second-order valence-electron chi connectivity index (χ2n) is 1.55. The zero-order valence-corrected chi connectivity index (χ0v) is 7.69. The van der Waals surface area contributed by atoms with Gasteiger partial charge in [-0.05, 0) is 13.3 Å². The molecule has 0 rings (SSSR count). The molecule has 9 heavy (non-hydrogen) atoms. The van der Waals surface area contributed by atoms with Crippen LogP contribution in [0.5, 0.6) is 0 Å². The molecule has 0 aliphatic rings. The summed E-state index contributed by atoms with van der Waals surface area (Å²) in [5, 5.41) is 0. The first-order valence-corrected chi connectivity index (χ1v) is 5.72. The Hall–Kier alpha value is 0.660. The third-order valence-electron chi connectivity index (χ3n) is 0.706. The van der Waals surface area contributed by atoms with Crippen molar-refractivity contribution in [3.8, 4) is 0 Å². The van der Waals surface area contributed by atoms with E-state index in [1.165, 1.54) is 12.2 Å². The van der Waals surface area contributed by atoms with Gasteiger partial charge in [-0.1, -0.05) is 28.5 Å². The predicted molar refractivity (Wildman–Crippen MR) is 46.8 cm³/mol. The standard InChI is InChI=1S/C6H14OS2/c1-3-5-8-9-6-7-4-2/h3-6H2,1-2H3. The second-order valence-corrected chi connectivity index (χ2v) is 4.08. The summed E-state index contributed by atoms with van der Waals surface area (Å²) in [4.78, 5) is 0. The van der Waals surface area contributed by atoms with Gasteiger partial charge in [0.05, 0.1) is 0 Å². The molecule has 0 unspecified atom stereocenters. The van der Waals surface area contributed by atoms with Gasteiger partial charge in [-0.25, -0.2) is 0 Å². The molecular weight excluding hydrogens is 152 g/mol. The topological polar surface area (TPSA) is 9.23 Å². The van der Waals surface area contributed by atoms with Crippen LogP contribution in [0.1, 0.15) is 20.3 Å². The molecule has 0 aromatic carbocycles. The fourth-order valence-corrected chi connectivity index (χ4v) is 2.14. The zero-order chi connectivity index (χ0) is 6.95. The molecule has 3 heteroatoms. The summed E-state index contributed by atoms with van der Waals surface area (Å²) in [5.74, 6) is 2.07. The van der Waals surface area contributed by atoms with Gasteiger partial charge in [0.2, 0.25) is 0 Å². The maximum absolute atomic E-state index is 5.12. The Bertz CT molecular complexity index is 44.3. The van der Waals surface area contributed by atoms with Gasteiger partial charge < -0.3 is 4.74 Å². The Labute approximate surface area is 65.3 Å². The third-order valence-corrected chi connectivity index (χ3v) is 3.00. The molecule has 0 N–H and O–H groups in total. The molecule has 0 amide bonds. The molecule has 0 heterocycles. The van der Waals surface area contributed by atoms with Crippen LogP contribution < -0.4 is 0 Å². The van der Waals surface area contributed by atoms with Gasteiger partial charge in [-0.3, -0.25) is 0 Å². The SMILES string of the molecule is CCCSSCOCC. The number of hydrogen-bond acceptors (Lipinski definition) is 3. The molecule has 0 saturated carbocycles. The minimum absolute atomic E-state index is 0.833. The van der Waals surface area contributed by atoms with Gasteiger partial charge >= 0.3 is 0 Å². The van der Waals surface area contributed by atoms with Crippen molar-refractivity contribution < 1.29 is 4.74 Å². The summed E-state index contributed by atoms with van der Waals surface area (Å²) >= 11 is 0. The van der Waals surface area contributed by atoms with E-state index >= 15 is 0 Å². The van der Waals surface area contributed by atoms with Crippen molar-refractivity contribution in [1.29, 1.82) is 0 Å². The largest absolute Gasteiger partial charge is 0.370 e. The highest BCUT2D eigenvalue weighted by molar-refractivity contribution is 8.76. The van der Waals surface area contributed by atoms with Crippen LogP contribution in [0.2, 0.25) is 0 Å². The maximum atomic E-state index is 5.12. The van der Waals surface area contributed by atoms with E-state index in [-0.39, 0.29) is 0 Å². The maximum Gasteiger partial charge on any atom is 0.102 e. The molecule has 0 spiro atoms. The molecular formula is C6H14OS2. The van der Waals surface area contributed by atoms with E-state index in [1.807, 2.05) is 17.7 Å². The monoisotopic (exact) mass is 166 g/mol. The quantitative estimate of drug-likeness (QED) is 0.341. The molecule has 1 nitrogen and oxygen atoms in total. The van der Waals surface area contributed by atoms with Crippen molar-refractivity contribution in [3.05, 3.63) is 0 Å². The van der Waals surface area contributed by atoms with Crippen molar-refractivity contribution >= 4 is 21.6 Å². The number of rotatable bonds is 6. The van der Waals surface area contributed by atoms with Crippen molar-refractivity contribution in [2.45, 2.75) is 20.3 Å². The van der Waals surface area contributed by atoms with Crippen molar-refractivity contribution in [2.24, 2.45) is 0 Å². The molecule has 0 bridgehead atoms. The average molecular weight is 166 g/mol. The van der Waals surface area contributed by atoms with Crippen LogP contribution in [-0.2, 0) is 4.74 Å². The smallest absolute Gasteiger partial charge is 0.102 e. The summed E-state index contributed by atoms with van der Waals surface area (Å²) in [6, 6.07) is 0. The lowest BCUT2D eigenvalue weighted by Crippen LogP contribution is -1.85. The number of hydrogen-bond donors (Lipinski definition) is 0. The van der Waals surface area contributed by atoms with Crippen LogP contribution in [-0.4, -0.2) is 18.3 Å². The summed E-state index contributed by atoms with van der Waals surface area (Å²) < 4.78 is 5.12. The van der Waals surface area contributed by atoms with Crippen LogP contribution in [0.25, 0.3) is 0 Å². The second kappa shape index (κ2) is 8.66. The normalized spacial score (nSPS) is 10.0. The Balaban J connectivity index is 2.60. The first-order chi connectivity index (χ1) is 4.41.